The summed E-state index contributed by atoms with van der Waals surface area (Å²) in [6.45, 7) is 5.18. The number of hydrogen-bond donors (Lipinski definition) is 0. The van der Waals surface area contributed by atoms with E-state index in [9.17, 15) is 14.4 Å². The molecule has 2 aromatic rings. The van der Waals surface area contributed by atoms with Crippen LogP contribution in [-0.2, 0) is 4.79 Å². The van der Waals surface area contributed by atoms with E-state index >= 15 is 0 Å². The maximum absolute atomic E-state index is 12.7. The van der Waals surface area contributed by atoms with Crippen LogP contribution in [0.4, 0.5) is 0 Å². The van der Waals surface area contributed by atoms with Gasteiger partial charge in [-0.1, -0.05) is 12.1 Å². The number of piperidine rings is 1. The van der Waals surface area contributed by atoms with Gasteiger partial charge in [0.2, 0.25) is 5.91 Å². The third-order valence-corrected chi connectivity index (χ3v) is 6.65. The fourth-order valence-corrected chi connectivity index (χ4v) is 4.76. The van der Waals surface area contributed by atoms with Gasteiger partial charge in [-0.05, 0) is 38.8 Å². The third-order valence-electron chi connectivity index (χ3n) is 5.41. The van der Waals surface area contributed by atoms with Crippen molar-refractivity contribution in [3.63, 3.8) is 0 Å². The normalized spacial score (nSPS) is 17.6. The van der Waals surface area contributed by atoms with Crippen LogP contribution in [0.1, 0.15) is 55.1 Å². The zero-order valence-electron chi connectivity index (χ0n) is 15.4. The molecular weight excluding hydrogens is 362 g/mol. The number of carbonyl (C=O) groups is 3. The molecule has 0 radical (unpaired) electrons. The summed E-state index contributed by atoms with van der Waals surface area (Å²) in [7, 11) is 0. The standard InChI is InChI=1S/C20H21N3O3S/c1-12-13(2)27-18(21-12)14-7-9-22(10-8-14)17(24)11-23-19(25)15-5-3-4-6-16(15)20(23)26/h3-6,14H,7-11H2,1-2H3. The monoisotopic (exact) mass is 383 g/mol. The molecule has 1 aromatic carbocycles. The van der Waals surface area contributed by atoms with Crippen molar-refractivity contribution in [2.45, 2.75) is 32.6 Å². The van der Waals surface area contributed by atoms with E-state index < -0.39 is 0 Å². The lowest BCUT2D eigenvalue weighted by atomic mass is 9.97. The molecule has 1 aromatic heterocycles. The predicted octanol–water partition coefficient (Wildman–Crippen LogP) is 2.76. The first kappa shape index (κ1) is 17.9. The van der Waals surface area contributed by atoms with Gasteiger partial charge in [-0.25, -0.2) is 4.98 Å². The van der Waals surface area contributed by atoms with Crippen molar-refractivity contribution >= 4 is 29.1 Å². The number of carbonyl (C=O) groups excluding carboxylic acids is 3. The van der Waals surface area contributed by atoms with E-state index in [1.54, 1.807) is 40.5 Å². The van der Waals surface area contributed by atoms with Crippen LogP contribution in [0, 0.1) is 13.8 Å². The summed E-state index contributed by atoms with van der Waals surface area (Å²) in [5, 5.41) is 1.15. The number of fused-ring (bicyclic) bond motifs is 1. The zero-order chi connectivity index (χ0) is 19.1. The number of thiazole rings is 1. The summed E-state index contributed by atoms with van der Waals surface area (Å²) < 4.78 is 0. The fourth-order valence-electron chi connectivity index (χ4n) is 3.67. The minimum absolute atomic E-state index is 0.172. The molecule has 27 heavy (non-hydrogen) atoms. The molecule has 0 unspecified atom stereocenters. The van der Waals surface area contributed by atoms with Gasteiger partial charge in [0, 0.05) is 23.9 Å². The molecule has 3 amide bonds. The highest BCUT2D eigenvalue weighted by Gasteiger charge is 2.37. The van der Waals surface area contributed by atoms with Gasteiger partial charge < -0.3 is 4.90 Å². The predicted molar refractivity (Wildman–Crippen MR) is 102 cm³/mol. The molecule has 6 nitrogen and oxygen atoms in total. The number of amides is 3. The van der Waals surface area contributed by atoms with Gasteiger partial charge in [-0.3, -0.25) is 19.3 Å². The van der Waals surface area contributed by atoms with E-state index in [0.717, 1.165) is 28.4 Å². The molecule has 0 saturated carbocycles. The van der Waals surface area contributed by atoms with Crippen LogP contribution < -0.4 is 0 Å². The molecule has 0 N–H and O–H groups in total. The first-order chi connectivity index (χ1) is 13.0. The third kappa shape index (κ3) is 3.16. The summed E-state index contributed by atoms with van der Waals surface area (Å²) in [6, 6.07) is 6.71. The maximum Gasteiger partial charge on any atom is 0.262 e. The lowest BCUT2D eigenvalue weighted by Gasteiger charge is -2.32. The van der Waals surface area contributed by atoms with Gasteiger partial charge in [0.1, 0.15) is 6.54 Å². The number of nitrogens with zero attached hydrogens (tertiary/aromatic N) is 3. The summed E-state index contributed by atoms with van der Waals surface area (Å²) in [5.41, 5.74) is 1.84. The smallest absolute Gasteiger partial charge is 0.262 e. The molecule has 4 rings (SSSR count). The molecule has 7 heteroatoms. The van der Waals surface area contributed by atoms with Crippen molar-refractivity contribution in [1.82, 2.24) is 14.8 Å². The lowest BCUT2D eigenvalue weighted by molar-refractivity contribution is -0.132. The topological polar surface area (TPSA) is 70.6 Å². The number of aromatic nitrogens is 1. The highest BCUT2D eigenvalue weighted by Crippen LogP contribution is 2.32. The molecule has 1 saturated heterocycles. The van der Waals surface area contributed by atoms with Crippen LogP contribution in [0.25, 0.3) is 0 Å². The number of hydrogen-bond acceptors (Lipinski definition) is 5. The van der Waals surface area contributed by atoms with E-state index in [-0.39, 0.29) is 24.3 Å². The number of aryl methyl sites for hydroxylation is 2. The minimum Gasteiger partial charge on any atom is -0.341 e. The van der Waals surface area contributed by atoms with E-state index in [1.165, 1.54) is 4.88 Å². The van der Waals surface area contributed by atoms with Crippen LogP contribution in [0.15, 0.2) is 24.3 Å². The summed E-state index contributed by atoms with van der Waals surface area (Å²) in [5.74, 6) is -0.555. The molecular formula is C20H21N3O3S. The van der Waals surface area contributed by atoms with Crippen LogP contribution in [-0.4, -0.2) is 52.1 Å². The Hall–Kier alpha value is -2.54. The summed E-state index contributed by atoms with van der Waals surface area (Å²) in [4.78, 5) is 46.2. The Bertz CT molecular complexity index is 874. The largest absolute Gasteiger partial charge is 0.341 e. The van der Waals surface area contributed by atoms with Gasteiger partial charge >= 0.3 is 0 Å². The molecule has 0 atom stereocenters. The minimum atomic E-state index is -0.382. The number of likely N-dealkylation sites (tertiary alicyclic amines) is 1. The molecule has 3 heterocycles. The van der Waals surface area contributed by atoms with Gasteiger partial charge in [0.25, 0.3) is 11.8 Å². The quantitative estimate of drug-likeness (QED) is 0.764. The zero-order valence-corrected chi connectivity index (χ0v) is 16.2. The van der Waals surface area contributed by atoms with Crippen LogP contribution in [0.5, 0.6) is 0 Å². The molecule has 2 aliphatic rings. The number of rotatable bonds is 3. The first-order valence-electron chi connectivity index (χ1n) is 9.12. The maximum atomic E-state index is 12.7. The second-order valence-electron chi connectivity index (χ2n) is 7.09. The van der Waals surface area contributed by atoms with Crippen LogP contribution in [0.2, 0.25) is 0 Å². The Kier molecular flexibility index (Phi) is 4.55. The van der Waals surface area contributed by atoms with Gasteiger partial charge in [-0.15, -0.1) is 11.3 Å². The Morgan fingerprint density at radius 1 is 1.11 bits per heavy atom. The average Bonchev–Trinajstić information content (AvgIpc) is 3.14. The Morgan fingerprint density at radius 2 is 1.70 bits per heavy atom. The van der Waals surface area contributed by atoms with Crippen LogP contribution in [0.3, 0.4) is 0 Å². The lowest BCUT2D eigenvalue weighted by Crippen LogP contribution is -2.45. The molecule has 140 valence electrons. The number of imide groups is 1. The highest BCUT2D eigenvalue weighted by atomic mass is 32.1. The van der Waals surface area contributed by atoms with E-state index in [4.69, 9.17) is 0 Å². The van der Waals surface area contributed by atoms with Gasteiger partial charge in [0.05, 0.1) is 21.8 Å². The molecule has 0 aliphatic carbocycles. The van der Waals surface area contributed by atoms with Gasteiger partial charge in [0.15, 0.2) is 0 Å². The van der Waals surface area contributed by atoms with Crippen molar-refractivity contribution in [2.75, 3.05) is 19.6 Å². The summed E-state index contributed by atoms with van der Waals surface area (Å²) >= 11 is 1.74. The Labute approximate surface area is 161 Å². The van der Waals surface area contributed by atoms with Crippen molar-refractivity contribution in [1.29, 1.82) is 0 Å². The van der Waals surface area contributed by atoms with Crippen molar-refractivity contribution < 1.29 is 14.4 Å². The van der Waals surface area contributed by atoms with Crippen LogP contribution >= 0.6 is 11.3 Å². The molecule has 0 bridgehead atoms. The average molecular weight is 383 g/mol. The van der Waals surface area contributed by atoms with E-state index in [1.807, 2.05) is 6.92 Å². The Balaban J connectivity index is 1.38. The van der Waals surface area contributed by atoms with E-state index in [0.29, 0.717) is 30.1 Å². The van der Waals surface area contributed by atoms with Crippen molar-refractivity contribution in [2.24, 2.45) is 0 Å². The molecule has 0 spiro atoms. The van der Waals surface area contributed by atoms with Gasteiger partial charge in [-0.2, -0.15) is 0 Å². The molecule has 1 fully saturated rings. The highest BCUT2D eigenvalue weighted by molar-refractivity contribution is 7.11. The first-order valence-corrected chi connectivity index (χ1v) is 9.94. The SMILES string of the molecule is Cc1nc(C2CCN(C(=O)CN3C(=O)c4ccccc4C3=O)CC2)sc1C. The number of benzene rings is 1. The molecule has 2 aliphatic heterocycles. The second kappa shape index (κ2) is 6.88. The second-order valence-corrected chi connectivity index (χ2v) is 8.33. The fraction of sp³-hybridized carbons (Fsp3) is 0.400. The van der Waals surface area contributed by atoms with E-state index in [2.05, 4.69) is 11.9 Å². The summed E-state index contributed by atoms with van der Waals surface area (Å²) in [6.07, 6.45) is 1.72. The van der Waals surface area contributed by atoms with Crippen molar-refractivity contribution in [3.05, 3.63) is 51.0 Å². The van der Waals surface area contributed by atoms with Crippen molar-refractivity contribution in [3.8, 4) is 0 Å². The Morgan fingerprint density at radius 3 is 2.22 bits per heavy atom.